The zero-order valence-corrected chi connectivity index (χ0v) is 26.1. The SMILES string of the molecule is COC(C)OCC(COCc1cc(C)cc(-n2nc3ccccc3n2)c1O)OCc1cc(C)cc(-n2nc3ccccc3n2)c1O. The quantitative estimate of drug-likeness (QED) is 0.163. The molecule has 0 aliphatic carbocycles. The van der Waals surface area contributed by atoms with E-state index >= 15 is 0 Å². The number of aromatic nitrogens is 6. The summed E-state index contributed by atoms with van der Waals surface area (Å²) in [6.45, 7) is 6.17. The van der Waals surface area contributed by atoms with E-state index in [1.807, 2.05) is 86.6 Å². The minimum absolute atomic E-state index is 0.0221. The molecular weight excluding hydrogens is 588 g/mol. The molecule has 0 aliphatic rings. The first-order chi connectivity index (χ1) is 22.3. The second-order valence-corrected chi connectivity index (χ2v) is 11.1. The number of benzene rings is 4. The zero-order chi connectivity index (χ0) is 32.2. The molecular formula is C34H36N6O6. The predicted octanol–water partition coefficient (Wildman–Crippen LogP) is 5.29. The van der Waals surface area contributed by atoms with Crippen molar-refractivity contribution in [3.63, 3.8) is 0 Å². The van der Waals surface area contributed by atoms with Crippen molar-refractivity contribution in [2.24, 2.45) is 0 Å². The fourth-order valence-corrected chi connectivity index (χ4v) is 5.09. The molecule has 6 aromatic rings. The van der Waals surface area contributed by atoms with Gasteiger partial charge in [0.05, 0.1) is 26.4 Å². The molecule has 12 nitrogen and oxygen atoms in total. The van der Waals surface area contributed by atoms with Gasteiger partial charge in [-0.3, -0.25) is 0 Å². The Kier molecular flexibility index (Phi) is 9.22. The number of fused-ring (bicyclic) bond motifs is 2. The first kappa shape index (κ1) is 31.1. The summed E-state index contributed by atoms with van der Waals surface area (Å²) >= 11 is 0. The molecule has 0 saturated carbocycles. The largest absolute Gasteiger partial charge is 0.505 e. The van der Waals surface area contributed by atoms with Crippen LogP contribution >= 0.6 is 0 Å². The van der Waals surface area contributed by atoms with Crippen LogP contribution in [0.25, 0.3) is 33.4 Å². The monoisotopic (exact) mass is 624 g/mol. The van der Waals surface area contributed by atoms with E-state index in [-0.39, 0.29) is 37.9 Å². The Hall–Kier alpha value is -4.88. The highest BCUT2D eigenvalue weighted by Crippen LogP contribution is 2.30. The lowest BCUT2D eigenvalue weighted by Crippen LogP contribution is -2.28. The summed E-state index contributed by atoms with van der Waals surface area (Å²) < 4.78 is 23.3. The fraction of sp³-hybridized carbons (Fsp3) is 0.294. The second-order valence-electron chi connectivity index (χ2n) is 11.1. The molecule has 12 heteroatoms. The number of hydrogen-bond donors (Lipinski definition) is 2. The number of aromatic hydroxyl groups is 2. The van der Waals surface area contributed by atoms with Gasteiger partial charge in [0.2, 0.25) is 0 Å². The minimum atomic E-state index is -0.518. The lowest BCUT2D eigenvalue weighted by molar-refractivity contribution is -0.150. The smallest absolute Gasteiger partial charge is 0.154 e. The highest BCUT2D eigenvalue weighted by Gasteiger charge is 2.19. The summed E-state index contributed by atoms with van der Waals surface area (Å²) in [4.78, 5) is 2.87. The van der Waals surface area contributed by atoms with Gasteiger partial charge >= 0.3 is 0 Å². The van der Waals surface area contributed by atoms with E-state index in [2.05, 4.69) is 20.4 Å². The van der Waals surface area contributed by atoms with Crippen molar-refractivity contribution in [2.75, 3.05) is 20.3 Å². The maximum absolute atomic E-state index is 11.2. The van der Waals surface area contributed by atoms with Crippen LogP contribution in [0, 0.1) is 13.8 Å². The molecule has 2 aromatic heterocycles. The van der Waals surface area contributed by atoms with E-state index in [0.29, 0.717) is 22.5 Å². The minimum Gasteiger partial charge on any atom is -0.505 e. The van der Waals surface area contributed by atoms with Crippen molar-refractivity contribution in [3.05, 3.63) is 95.1 Å². The van der Waals surface area contributed by atoms with Gasteiger partial charge in [-0.15, -0.1) is 30.0 Å². The normalized spacial score (nSPS) is 13.0. The molecule has 4 aromatic carbocycles. The Morgan fingerprint density at radius 1 is 0.652 bits per heavy atom. The molecule has 0 bridgehead atoms. The van der Waals surface area contributed by atoms with Crippen molar-refractivity contribution in [3.8, 4) is 22.9 Å². The van der Waals surface area contributed by atoms with Gasteiger partial charge in [-0.2, -0.15) is 0 Å². The molecule has 2 unspecified atom stereocenters. The van der Waals surface area contributed by atoms with Crippen molar-refractivity contribution in [1.82, 2.24) is 30.0 Å². The van der Waals surface area contributed by atoms with Gasteiger partial charge in [-0.1, -0.05) is 24.3 Å². The third-order valence-corrected chi connectivity index (χ3v) is 7.51. The molecule has 0 aliphatic heterocycles. The lowest BCUT2D eigenvalue weighted by atomic mass is 10.1. The Balaban J connectivity index is 1.17. The molecule has 0 fully saturated rings. The predicted molar refractivity (Wildman–Crippen MR) is 171 cm³/mol. The number of aryl methyl sites for hydroxylation is 2. The first-order valence-corrected chi connectivity index (χ1v) is 14.9. The molecule has 6 rings (SSSR count). The number of nitrogens with zero attached hydrogens (tertiary/aromatic N) is 6. The van der Waals surface area contributed by atoms with Crippen LogP contribution in [0.1, 0.15) is 29.2 Å². The summed E-state index contributed by atoms with van der Waals surface area (Å²) in [7, 11) is 1.56. The summed E-state index contributed by atoms with van der Waals surface area (Å²) in [5, 5.41) is 40.4. The summed E-state index contributed by atoms with van der Waals surface area (Å²) in [6.07, 6.45) is -0.971. The lowest BCUT2D eigenvalue weighted by Gasteiger charge is -2.21. The summed E-state index contributed by atoms with van der Waals surface area (Å²) in [5.74, 6) is 0.0543. The molecule has 2 atom stereocenters. The highest BCUT2D eigenvalue weighted by atomic mass is 16.7. The average molecular weight is 625 g/mol. The standard InChI is InChI=1S/C34H36N6O6/c1-21-13-24(33(41)31(15-21)39-35-27-9-5-6-10-28(27)36-39)17-44-19-26(20-45-23(3)43-4)46-18-25-14-22(2)16-32(34(25)42)40-37-29-11-7-8-12-30(29)38-40/h5-16,23,26,41-42H,17-20H2,1-4H3. The maximum Gasteiger partial charge on any atom is 0.154 e. The molecule has 0 saturated heterocycles. The highest BCUT2D eigenvalue weighted by molar-refractivity contribution is 5.74. The van der Waals surface area contributed by atoms with Crippen LogP contribution < -0.4 is 0 Å². The van der Waals surface area contributed by atoms with E-state index in [1.54, 1.807) is 14.0 Å². The van der Waals surface area contributed by atoms with Gasteiger partial charge in [0.15, 0.2) is 6.29 Å². The summed E-state index contributed by atoms with van der Waals surface area (Å²) in [6, 6.07) is 22.4. The molecule has 2 N–H and O–H groups in total. The van der Waals surface area contributed by atoms with Crippen LogP contribution in [-0.4, -0.2) is 72.9 Å². The van der Waals surface area contributed by atoms with Crippen LogP contribution in [0.15, 0.2) is 72.8 Å². The van der Waals surface area contributed by atoms with Crippen LogP contribution in [0.3, 0.4) is 0 Å². The molecule has 46 heavy (non-hydrogen) atoms. The van der Waals surface area contributed by atoms with E-state index < -0.39 is 12.4 Å². The number of ether oxygens (including phenoxy) is 4. The number of phenols is 2. The zero-order valence-electron chi connectivity index (χ0n) is 26.1. The van der Waals surface area contributed by atoms with Gasteiger partial charge in [-0.05, 0) is 80.4 Å². The number of rotatable bonds is 13. The number of hydrogen-bond acceptors (Lipinski definition) is 10. The van der Waals surface area contributed by atoms with Gasteiger partial charge < -0.3 is 29.2 Å². The fourth-order valence-electron chi connectivity index (χ4n) is 5.09. The van der Waals surface area contributed by atoms with Gasteiger partial charge in [0.1, 0.15) is 51.0 Å². The van der Waals surface area contributed by atoms with Crippen LogP contribution in [-0.2, 0) is 32.2 Å². The van der Waals surface area contributed by atoms with Gasteiger partial charge in [0, 0.05) is 18.2 Å². The molecule has 0 radical (unpaired) electrons. The molecule has 2 heterocycles. The van der Waals surface area contributed by atoms with E-state index in [9.17, 15) is 10.2 Å². The third kappa shape index (κ3) is 6.85. The van der Waals surface area contributed by atoms with Crippen molar-refractivity contribution < 1.29 is 29.2 Å². The summed E-state index contributed by atoms with van der Waals surface area (Å²) in [5.41, 5.74) is 6.82. The van der Waals surface area contributed by atoms with Gasteiger partial charge in [-0.25, -0.2) is 0 Å². The van der Waals surface area contributed by atoms with Crippen LogP contribution in [0.5, 0.6) is 11.5 Å². The average Bonchev–Trinajstić information content (AvgIpc) is 3.69. The second kappa shape index (κ2) is 13.6. The Morgan fingerprint density at radius 2 is 1.11 bits per heavy atom. The molecule has 238 valence electrons. The van der Waals surface area contributed by atoms with Crippen molar-refractivity contribution in [2.45, 2.75) is 46.4 Å². The van der Waals surface area contributed by atoms with Gasteiger partial charge in [0.25, 0.3) is 0 Å². The first-order valence-electron chi connectivity index (χ1n) is 14.9. The van der Waals surface area contributed by atoms with E-state index in [4.69, 9.17) is 18.9 Å². The number of phenolic OH excluding ortho intramolecular Hbond substituents is 2. The van der Waals surface area contributed by atoms with Crippen LogP contribution in [0.2, 0.25) is 0 Å². The third-order valence-electron chi connectivity index (χ3n) is 7.51. The Morgan fingerprint density at radius 3 is 1.57 bits per heavy atom. The van der Waals surface area contributed by atoms with E-state index in [0.717, 1.165) is 33.2 Å². The van der Waals surface area contributed by atoms with Crippen molar-refractivity contribution in [1.29, 1.82) is 0 Å². The topological polar surface area (TPSA) is 139 Å². The molecule has 0 amide bonds. The van der Waals surface area contributed by atoms with Crippen molar-refractivity contribution >= 4 is 22.1 Å². The number of methoxy groups -OCH3 is 1. The Labute approximate surface area is 265 Å². The maximum atomic E-state index is 11.2. The van der Waals surface area contributed by atoms with Crippen LogP contribution in [0.4, 0.5) is 0 Å². The van der Waals surface area contributed by atoms with E-state index in [1.165, 1.54) is 9.59 Å². The molecule has 0 spiro atoms. The Bertz CT molecular complexity index is 1910.